The predicted octanol–water partition coefficient (Wildman–Crippen LogP) is 6.17. The molecule has 5 aromatic rings. The number of hydrogen-bond acceptors (Lipinski definition) is 8. The molecule has 0 spiro atoms. The van der Waals surface area contributed by atoms with Crippen LogP contribution in [0.25, 0.3) is 43.9 Å². The first-order valence-corrected chi connectivity index (χ1v) is 16.1. The van der Waals surface area contributed by atoms with Gasteiger partial charge in [-0.15, -0.1) is 11.3 Å². The Kier molecular flexibility index (Phi) is 9.35. The molecule has 0 radical (unpaired) electrons. The molecular formula is C35H35F2N5O4S. The van der Waals surface area contributed by atoms with Crippen LogP contribution in [-0.4, -0.2) is 82.6 Å². The molecule has 1 aliphatic heterocycles. The highest BCUT2D eigenvalue weighted by molar-refractivity contribution is 7.18. The van der Waals surface area contributed by atoms with Crippen molar-refractivity contribution in [1.29, 1.82) is 0 Å². The average molecular weight is 660 g/mol. The standard InChI is InChI=1S/C35H35F2N5O4S/c1-5-30(44)41-10-11-42-28(21(41)2)20-27(39-42)34-32(31-26(37)18-23(36)19-29(31)46-15-13-43)35-25(9-16-47-35)33(38-34)22-7-6-8-24(17-22)45-14-12-40(3)4/h5-9,16-21,43H,1,10-15H2,2-4H3. The maximum Gasteiger partial charge on any atom is 0.246 e. The van der Waals surface area contributed by atoms with Gasteiger partial charge in [0.2, 0.25) is 5.91 Å². The fourth-order valence-corrected chi connectivity index (χ4v) is 6.79. The number of thiophene rings is 1. The lowest BCUT2D eigenvalue weighted by Crippen LogP contribution is -2.40. The van der Waals surface area contributed by atoms with Gasteiger partial charge in [0.1, 0.15) is 47.7 Å². The molecule has 0 fully saturated rings. The van der Waals surface area contributed by atoms with Crippen molar-refractivity contribution in [3.8, 4) is 45.3 Å². The Morgan fingerprint density at radius 2 is 1.94 bits per heavy atom. The van der Waals surface area contributed by atoms with E-state index in [1.807, 2.05) is 72.4 Å². The first-order valence-electron chi connectivity index (χ1n) is 15.2. The smallest absolute Gasteiger partial charge is 0.246 e. The lowest BCUT2D eigenvalue weighted by molar-refractivity contribution is -0.129. The van der Waals surface area contributed by atoms with Crippen molar-refractivity contribution in [2.45, 2.75) is 19.5 Å². The number of carbonyl (C=O) groups excluding carboxylic acids is 1. The van der Waals surface area contributed by atoms with Gasteiger partial charge in [-0.1, -0.05) is 18.7 Å². The molecule has 1 N–H and O–H groups in total. The topological polar surface area (TPSA) is 93.0 Å². The van der Waals surface area contributed by atoms with E-state index in [2.05, 4.69) is 6.58 Å². The van der Waals surface area contributed by atoms with E-state index < -0.39 is 11.6 Å². The number of aromatic nitrogens is 3. The number of aliphatic hydroxyl groups is 1. The molecule has 2 aromatic carbocycles. The molecule has 1 atom stereocenters. The number of benzene rings is 2. The first kappa shape index (κ1) is 32.3. The minimum Gasteiger partial charge on any atom is -0.492 e. The summed E-state index contributed by atoms with van der Waals surface area (Å²) in [5, 5.41) is 17.0. The van der Waals surface area contributed by atoms with Gasteiger partial charge in [0, 0.05) is 46.4 Å². The Hall–Kier alpha value is -4.65. The quantitative estimate of drug-likeness (QED) is 0.170. The molecule has 3 aromatic heterocycles. The van der Waals surface area contributed by atoms with Crippen LogP contribution in [-0.2, 0) is 11.3 Å². The number of fused-ring (bicyclic) bond motifs is 2. The summed E-state index contributed by atoms with van der Waals surface area (Å²) in [5.41, 5.74) is 3.45. The van der Waals surface area contributed by atoms with E-state index >= 15 is 4.39 Å². The van der Waals surface area contributed by atoms with Gasteiger partial charge in [-0.3, -0.25) is 9.48 Å². The monoisotopic (exact) mass is 659 g/mol. The van der Waals surface area contributed by atoms with Crippen LogP contribution in [0.2, 0.25) is 0 Å². The zero-order valence-corrected chi connectivity index (χ0v) is 27.2. The predicted molar refractivity (Wildman–Crippen MR) is 179 cm³/mol. The molecule has 1 unspecified atom stereocenters. The largest absolute Gasteiger partial charge is 0.492 e. The molecule has 12 heteroatoms. The third kappa shape index (κ3) is 6.36. The summed E-state index contributed by atoms with van der Waals surface area (Å²) in [6, 6.07) is 13.1. The van der Waals surface area contributed by atoms with Gasteiger partial charge in [-0.2, -0.15) is 5.10 Å². The molecule has 1 aliphatic rings. The van der Waals surface area contributed by atoms with Gasteiger partial charge >= 0.3 is 0 Å². The van der Waals surface area contributed by atoms with Crippen LogP contribution >= 0.6 is 11.3 Å². The Morgan fingerprint density at radius 3 is 2.70 bits per heavy atom. The summed E-state index contributed by atoms with van der Waals surface area (Å²) < 4.78 is 44.8. The van der Waals surface area contributed by atoms with E-state index in [1.54, 1.807) is 4.90 Å². The Morgan fingerprint density at radius 1 is 1.11 bits per heavy atom. The zero-order valence-electron chi connectivity index (χ0n) is 26.4. The van der Waals surface area contributed by atoms with E-state index in [-0.39, 0.29) is 36.5 Å². The molecule has 0 bridgehead atoms. The van der Waals surface area contributed by atoms with Crippen LogP contribution in [0.5, 0.6) is 11.5 Å². The number of ether oxygens (including phenoxy) is 2. The second-order valence-corrected chi connectivity index (χ2v) is 12.4. The molecule has 0 aliphatic carbocycles. The number of halogens is 2. The highest BCUT2D eigenvalue weighted by Gasteiger charge is 2.31. The van der Waals surface area contributed by atoms with E-state index in [4.69, 9.17) is 19.6 Å². The average Bonchev–Trinajstić information content (AvgIpc) is 3.71. The molecule has 244 valence electrons. The fourth-order valence-electron chi connectivity index (χ4n) is 5.84. The Balaban J connectivity index is 1.59. The molecule has 4 heterocycles. The van der Waals surface area contributed by atoms with Gasteiger partial charge in [-0.05, 0) is 56.7 Å². The molecule has 6 rings (SSSR count). The number of nitrogens with zero attached hydrogens (tertiary/aromatic N) is 5. The number of aliphatic hydroxyl groups excluding tert-OH is 1. The van der Waals surface area contributed by atoms with Crippen molar-refractivity contribution < 1.29 is 28.2 Å². The van der Waals surface area contributed by atoms with Crippen molar-refractivity contribution in [3.63, 3.8) is 0 Å². The summed E-state index contributed by atoms with van der Waals surface area (Å²) in [6.07, 6.45) is 1.30. The number of likely N-dealkylation sites (N-methyl/N-ethyl adjacent to an activating group) is 1. The van der Waals surface area contributed by atoms with E-state index in [0.717, 1.165) is 35.3 Å². The SMILES string of the molecule is C=CC(=O)N1CCn2nc(-c3nc(-c4cccc(OCCN(C)C)c4)c4ccsc4c3-c3c(F)cc(F)cc3OCCO)cc2C1C. The third-order valence-electron chi connectivity index (χ3n) is 8.10. The van der Waals surface area contributed by atoms with E-state index in [1.165, 1.54) is 17.4 Å². The van der Waals surface area contributed by atoms with Crippen LogP contribution in [0.3, 0.4) is 0 Å². The van der Waals surface area contributed by atoms with Gasteiger partial charge in [0.15, 0.2) is 0 Å². The summed E-state index contributed by atoms with van der Waals surface area (Å²) in [6.45, 7) is 7.21. The molecule has 1 amide bonds. The number of rotatable bonds is 11. The molecule has 0 saturated carbocycles. The van der Waals surface area contributed by atoms with Gasteiger partial charge in [0.25, 0.3) is 0 Å². The molecule has 47 heavy (non-hydrogen) atoms. The lowest BCUT2D eigenvalue weighted by Gasteiger charge is -2.33. The molecule has 0 saturated heterocycles. The number of hydrogen-bond donors (Lipinski definition) is 1. The summed E-state index contributed by atoms with van der Waals surface area (Å²) in [4.78, 5) is 21.5. The van der Waals surface area contributed by atoms with Gasteiger partial charge in [0.05, 0.1) is 36.1 Å². The second-order valence-electron chi connectivity index (χ2n) is 11.4. The van der Waals surface area contributed by atoms with Gasteiger partial charge < -0.3 is 24.4 Å². The maximum atomic E-state index is 16.0. The zero-order chi connectivity index (χ0) is 33.2. The van der Waals surface area contributed by atoms with E-state index in [0.29, 0.717) is 52.8 Å². The normalized spacial score (nSPS) is 14.4. The third-order valence-corrected chi connectivity index (χ3v) is 9.03. The fraction of sp³-hybridized carbons (Fsp3) is 0.286. The maximum absolute atomic E-state index is 16.0. The van der Waals surface area contributed by atoms with Crippen LogP contribution in [0, 0.1) is 11.6 Å². The second kappa shape index (κ2) is 13.6. The highest BCUT2D eigenvalue weighted by atomic mass is 32.1. The van der Waals surface area contributed by atoms with E-state index in [9.17, 15) is 14.3 Å². The lowest BCUT2D eigenvalue weighted by atomic mass is 9.96. The van der Waals surface area contributed by atoms with Crippen LogP contribution in [0.15, 0.2) is 66.6 Å². The minimum absolute atomic E-state index is 0.0181. The molecular weight excluding hydrogens is 624 g/mol. The minimum atomic E-state index is -0.833. The first-order chi connectivity index (χ1) is 22.7. The van der Waals surface area contributed by atoms with Crippen LogP contribution in [0.1, 0.15) is 18.7 Å². The van der Waals surface area contributed by atoms with Gasteiger partial charge in [-0.25, -0.2) is 13.8 Å². The van der Waals surface area contributed by atoms with Crippen molar-refractivity contribution in [2.75, 3.05) is 47.0 Å². The highest BCUT2D eigenvalue weighted by Crippen LogP contribution is 2.47. The Labute approximate surface area is 275 Å². The van der Waals surface area contributed by atoms with Crippen molar-refractivity contribution >= 4 is 27.3 Å². The Bertz CT molecular complexity index is 1960. The van der Waals surface area contributed by atoms with Crippen LogP contribution in [0.4, 0.5) is 8.78 Å². The summed E-state index contributed by atoms with van der Waals surface area (Å²) in [7, 11) is 3.96. The number of carbonyl (C=O) groups is 1. The summed E-state index contributed by atoms with van der Waals surface area (Å²) in [5.74, 6) is -1.20. The number of pyridine rings is 1. The summed E-state index contributed by atoms with van der Waals surface area (Å²) >= 11 is 1.40. The van der Waals surface area contributed by atoms with Crippen molar-refractivity contribution in [2.24, 2.45) is 0 Å². The molecule has 9 nitrogen and oxygen atoms in total. The van der Waals surface area contributed by atoms with Crippen LogP contribution < -0.4 is 9.47 Å². The van der Waals surface area contributed by atoms with Crippen molar-refractivity contribution in [3.05, 3.63) is 83.9 Å². The van der Waals surface area contributed by atoms with Crippen molar-refractivity contribution in [1.82, 2.24) is 24.6 Å². The number of amides is 1.